The molecule has 18 atom stereocenters. The molecule has 132 heavy (non-hydrogen) atoms. The number of aliphatic carboxylic acids is 1. The van der Waals surface area contributed by atoms with E-state index in [0.29, 0.717) is 22.6 Å². The summed E-state index contributed by atoms with van der Waals surface area (Å²) in [6, 6.07) is 17.7. The number of nitrogens with two attached hydrogens (primary N) is 1. The van der Waals surface area contributed by atoms with Crippen LogP contribution in [0.25, 0.3) is 11.1 Å². The number of para-hydroxylation sites is 1. The van der Waals surface area contributed by atoms with Gasteiger partial charge >= 0.3 is 11.7 Å². The molecule has 1 saturated heterocycles. The number of phenolic OH excluding ortho intramolecular Hbond substituents is 3. The average molecular weight is 1870 g/mol. The molecule has 8 amide bonds. The van der Waals surface area contributed by atoms with Gasteiger partial charge in [0.25, 0.3) is 5.91 Å². The number of nitrogens with one attached hydrogen (secondary N) is 9. The number of primary amides is 1. The molecule has 700 valence electrons. The summed E-state index contributed by atoms with van der Waals surface area (Å²) in [5.74, 6) is -17.1. The molecule has 8 unspecified atom stereocenters. The Labute approximate surface area is 763 Å². The van der Waals surface area contributed by atoms with Gasteiger partial charge in [0.05, 0.1) is 52.4 Å². The van der Waals surface area contributed by atoms with Crippen molar-refractivity contribution in [1.82, 2.24) is 47.9 Å². The van der Waals surface area contributed by atoms with Crippen LogP contribution in [0.3, 0.4) is 0 Å². The molecule has 0 aromatic heterocycles. The van der Waals surface area contributed by atoms with Crippen LogP contribution in [0, 0.1) is 28.9 Å². The minimum atomic E-state index is -2.36. The number of nitro benzene ring substituents is 1. The van der Waals surface area contributed by atoms with Crippen molar-refractivity contribution in [2.75, 3.05) is 26.8 Å². The second-order valence-electron chi connectivity index (χ2n) is 33.4. The van der Waals surface area contributed by atoms with Gasteiger partial charge in [-0.1, -0.05) is 91.6 Å². The van der Waals surface area contributed by atoms with E-state index < -0.39 is 254 Å². The lowest BCUT2D eigenvalue weighted by Gasteiger charge is -2.47. The highest BCUT2D eigenvalue weighted by molar-refractivity contribution is 6.32. The van der Waals surface area contributed by atoms with Crippen molar-refractivity contribution >= 4 is 82.1 Å². The Morgan fingerprint density at radius 3 is 2.00 bits per heavy atom. The molecule has 1 saturated carbocycles. The van der Waals surface area contributed by atoms with Gasteiger partial charge in [-0.3, -0.25) is 48.5 Å². The Balaban J connectivity index is 0.895. The van der Waals surface area contributed by atoms with Crippen molar-refractivity contribution in [3.05, 3.63) is 210 Å². The van der Waals surface area contributed by atoms with Crippen LogP contribution in [0.1, 0.15) is 139 Å². The first-order valence-corrected chi connectivity index (χ1v) is 42.8. The minimum Gasteiger partial charge on any atom is -0.508 e. The van der Waals surface area contributed by atoms with Gasteiger partial charge in [0.1, 0.15) is 107 Å². The summed E-state index contributed by atoms with van der Waals surface area (Å²) in [5, 5.41) is 151. The number of aromatic hydroxyl groups is 3. The number of likely N-dealkylation sites (N-methyl/N-ethyl adjacent to an activating group) is 1. The maximum Gasteiger partial charge on any atom is 0.330 e. The molecular weight excluding hydrogens is 1770 g/mol. The first kappa shape index (κ1) is 96.5. The van der Waals surface area contributed by atoms with Crippen molar-refractivity contribution in [2.45, 2.75) is 176 Å². The molecule has 11 bridgehead atoms. The van der Waals surface area contributed by atoms with Gasteiger partial charge in [-0.05, 0) is 171 Å². The number of amides is 8. The molecule has 15 rings (SSSR count). The normalized spacial score (nSPS) is 25.1. The highest BCUT2D eigenvalue weighted by Gasteiger charge is 2.50. The number of fused-ring (bicyclic) bond motifs is 15. The molecule has 6 heterocycles. The Bertz CT molecular complexity index is 5720. The molecule has 0 spiro atoms. The van der Waals surface area contributed by atoms with Gasteiger partial charge in [0, 0.05) is 60.3 Å². The van der Waals surface area contributed by atoms with Crippen molar-refractivity contribution in [3.8, 4) is 74.4 Å². The topological polar surface area (TPSA) is 598 Å². The molecule has 2 fully saturated rings. The van der Waals surface area contributed by atoms with Crippen LogP contribution in [-0.2, 0) is 54.4 Å². The number of aliphatic hydroxyl groups is 6. The molecule has 39 nitrogen and oxygen atoms in total. The number of hydrogen-bond acceptors (Lipinski definition) is 29. The maximum atomic E-state index is 16.4. The number of carbonyl (C=O) groups excluding carboxylic acids is 8. The second-order valence-corrected chi connectivity index (χ2v) is 34.2. The molecule has 7 aliphatic rings. The van der Waals surface area contributed by atoms with Crippen LogP contribution in [0.5, 0.6) is 63.2 Å². The fourth-order valence-electron chi connectivity index (χ4n) is 16.4. The van der Waals surface area contributed by atoms with E-state index in [1.54, 1.807) is 74.5 Å². The maximum absolute atomic E-state index is 16.4. The molecule has 6 aliphatic heterocycles. The molecule has 41 heteroatoms. The second kappa shape index (κ2) is 41.2. The predicted octanol–water partition coefficient (Wildman–Crippen LogP) is 5.81. The molecule has 8 aromatic rings. The first-order valence-electron chi connectivity index (χ1n) is 42.1. The number of rotatable bonds is 25. The number of carboxylic acids is 1. The van der Waals surface area contributed by atoms with Gasteiger partial charge in [0.2, 0.25) is 52.8 Å². The number of nitrogens with zero attached hydrogens (tertiary/aromatic N) is 1. The van der Waals surface area contributed by atoms with E-state index in [4.69, 9.17) is 62.1 Å². The van der Waals surface area contributed by atoms with Crippen LogP contribution in [0.2, 0.25) is 10.0 Å². The number of ether oxygens (including phenoxy) is 7. The summed E-state index contributed by atoms with van der Waals surface area (Å²) < 4.78 is 45.3. The summed E-state index contributed by atoms with van der Waals surface area (Å²) in [7, 11) is 1.47. The van der Waals surface area contributed by atoms with Crippen molar-refractivity contribution in [3.63, 3.8) is 0 Å². The Morgan fingerprint density at radius 2 is 1.36 bits per heavy atom. The number of phenols is 3. The zero-order valence-corrected chi connectivity index (χ0v) is 73.2. The molecular formula is C91H99Cl2N11O28. The van der Waals surface area contributed by atoms with Crippen molar-refractivity contribution in [2.24, 2.45) is 17.6 Å². The Morgan fingerprint density at radius 1 is 0.705 bits per heavy atom. The highest BCUT2D eigenvalue weighted by Crippen LogP contribution is 2.51. The lowest BCUT2D eigenvalue weighted by molar-refractivity contribution is -0.385. The lowest BCUT2D eigenvalue weighted by Crippen LogP contribution is -2.63. The number of hydrogen-bond donors (Lipinski definition) is 20. The van der Waals surface area contributed by atoms with E-state index in [0.717, 1.165) is 48.5 Å². The number of aliphatic hydroxyl groups excluding tert-OH is 6. The van der Waals surface area contributed by atoms with Crippen LogP contribution in [-0.4, -0.2) is 209 Å². The third kappa shape index (κ3) is 21.6. The van der Waals surface area contributed by atoms with E-state index in [1.165, 1.54) is 50.4 Å². The van der Waals surface area contributed by atoms with Gasteiger partial charge in [-0.2, -0.15) is 0 Å². The number of nitro groups is 1. The van der Waals surface area contributed by atoms with Gasteiger partial charge < -0.3 is 138 Å². The van der Waals surface area contributed by atoms with Crippen LogP contribution in [0.15, 0.2) is 146 Å². The minimum absolute atomic E-state index is 0.0386. The van der Waals surface area contributed by atoms with E-state index in [1.807, 2.05) is 13.8 Å². The zero-order valence-electron chi connectivity index (χ0n) is 71.7. The molecule has 8 aromatic carbocycles. The van der Waals surface area contributed by atoms with Gasteiger partial charge in [0.15, 0.2) is 23.8 Å². The predicted molar refractivity (Wildman–Crippen MR) is 468 cm³/mol. The van der Waals surface area contributed by atoms with Gasteiger partial charge in [-0.15, -0.1) is 0 Å². The fourth-order valence-corrected chi connectivity index (χ4v) is 16.9. The average Bonchev–Trinajstić information content (AvgIpc) is 0.762. The number of carbonyl (C=O) groups is 9. The number of aryl methyl sites for hydroxylation is 1. The number of benzene rings is 8. The molecule has 21 N–H and O–H groups in total. The van der Waals surface area contributed by atoms with Crippen LogP contribution < -0.4 is 77.3 Å². The summed E-state index contributed by atoms with van der Waals surface area (Å²) >= 11 is 14.5. The summed E-state index contributed by atoms with van der Waals surface area (Å²) in [6.45, 7) is 7.83. The number of halogens is 2. The van der Waals surface area contributed by atoms with E-state index in [2.05, 4.69) is 47.9 Å². The van der Waals surface area contributed by atoms with Crippen LogP contribution >= 0.6 is 23.2 Å². The molecule has 1 aliphatic carbocycles. The Kier molecular flexibility index (Phi) is 30.1. The van der Waals surface area contributed by atoms with E-state index >= 15 is 24.0 Å². The summed E-state index contributed by atoms with van der Waals surface area (Å²) in [5.41, 5.74) is 1.97. The monoisotopic (exact) mass is 1860 g/mol. The number of carboxylic acid groups (broad SMARTS) is 1. The first-order chi connectivity index (χ1) is 62.8. The Hall–Kier alpha value is -13.0. The van der Waals surface area contributed by atoms with E-state index in [9.17, 15) is 80.4 Å². The third-order valence-corrected chi connectivity index (χ3v) is 24.0. The quantitative estimate of drug-likeness (QED) is 0.0182. The zero-order chi connectivity index (χ0) is 95.2. The SMILES string of the molecule is CNC(CC(C)C)C(=O)NC1C(=O)N[C@@H](CC(N)=O)C(=O)N[C@H]2C(=O)N[C@H]3C(=O)N[C@H](C(=O)N[C@@H](C(=O)O)c4cc(O)cc(O)c4-c4cc3ccc4O)C(OC3C[C@](C)(NCc4ccc(OCCCNC(=O)c5ccc(C)c(Oc6ccccc6)c5[N+](=O)[O-])cc4)C(O)[C@H](C)O3)c3ccc(c(Cl)c3)Oc3cc2cc(c3OC2CC(CO)[C@@H](O)C(O)[C@H]2O)Oc2ccc(cc2Cl)[C@H]1O. The van der Waals surface area contributed by atoms with E-state index in [-0.39, 0.29) is 89.4 Å². The van der Waals surface area contributed by atoms with Crippen LogP contribution in [0.4, 0.5) is 5.69 Å². The largest absolute Gasteiger partial charge is 0.508 e. The van der Waals surface area contributed by atoms with Gasteiger partial charge in [-0.25, -0.2) is 4.79 Å². The summed E-state index contributed by atoms with van der Waals surface area (Å²) in [6.07, 6.45) is -16.9. The summed E-state index contributed by atoms with van der Waals surface area (Å²) in [4.78, 5) is 146. The standard InChI is InChI=1S/C91H99Cl2N11O28/c1-40(2)27-57(95-6)84(116)102-72-75(110)45-17-23-61(55(92)29-45)129-64-31-47-32-65(81(64)131-63-33-48(39-105)76(111)78(113)77(63)112)130-62-24-18-46(30-56(62)93)80(132-67-37-91(5,82(114)42(4)127-67)97-38-43-14-19-50(20-15-43)126-26-10-25-96-83(115)52-21-13-41(3)79(74(52)104(124)125)128-51-11-8-7-9-12-51)73-89(121)101-71(90(122)123)54-34-49(106)35-60(108)68(54)53-28-44(16-22-59(53)107)69(86(118)103-73)100-87(119)70(47)99-85(117)58(36-66(94)109)98-88(72)120/h7-9,11-24,28-32,34-35,40,42,48,57-58,63,67,69-73,75-78,80,82,95,97,105-108,110-114H,10,25-27,33,36-39H2,1-6H3,(H2,94,109)(H,96,115)(H,98,120)(H,99,117)(H,100,119)(H,101,121)(H,102,116)(H,103,118)(H,122,123)/t42-,48?,57?,58-,63?,67?,69+,70+,71+,72?,73-,75+,76+,77-,78?,80?,82?,91-/m0/s1. The lowest BCUT2D eigenvalue weighted by atomic mass is 9.81. The smallest absolute Gasteiger partial charge is 0.330 e. The fraction of sp³-hybridized carbons (Fsp3) is 0.374. The van der Waals surface area contributed by atoms with Crippen molar-refractivity contribution < 1.29 is 132 Å². The third-order valence-electron chi connectivity index (χ3n) is 23.5. The highest BCUT2D eigenvalue weighted by atomic mass is 35.5. The van der Waals surface area contributed by atoms with Crippen molar-refractivity contribution in [1.29, 1.82) is 0 Å². The molecule has 0 radical (unpaired) electrons.